The van der Waals surface area contributed by atoms with E-state index in [4.69, 9.17) is 23.7 Å². The highest BCUT2D eigenvalue weighted by Crippen LogP contribution is 2.32. The first-order valence-corrected chi connectivity index (χ1v) is 11.1. The van der Waals surface area contributed by atoms with Crippen molar-refractivity contribution in [1.29, 1.82) is 0 Å². The highest BCUT2D eigenvalue weighted by molar-refractivity contribution is 5.44. The molecular formula is C24H32N2O6. The summed E-state index contributed by atoms with van der Waals surface area (Å²) in [6.07, 6.45) is -0.507. The predicted octanol–water partition coefficient (Wildman–Crippen LogP) is 2.00. The van der Waals surface area contributed by atoms with Crippen molar-refractivity contribution < 1.29 is 28.8 Å². The maximum absolute atomic E-state index is 10.3. The van der Waals surface area contributed by atoms with Crippen LogP contribution in [0.2, 0.25) is 0 Å². The van der Waals surface area contributed by atoms with Crippen LogP contribution in [-0.4, -0.2) is 87.5 Å². The van der Waals surface area contributed by atoms with E-state index in [9.17, 15) is 5.11 Å². The third-order valence-corrected chi connectivity index (χ3v) is 5.62. The first kappa shape index (κ1) is 22.7. The normalized spacial score (nSPS) is 17.3. The number of piperazine rings is 1. The molecule has 0 amide bonds. The summed E-state index contributed by atoms with van der Waals surface area (Å²) in [6.45, 7) is 6.78. The van der Waals surface area contributed by atoms with Gasteiger partial charge in [-0.15, -0.1) is 0 Å². The van der Waals surface area contributed by atoms with Crippen LogP contribution in [0.15, 0.2) is 42.5 Å². The molecule has 1 saturated heterocycles. The number of rotatable bonds is 11. The second-order valence-corrected chi connectivity index (χ2v) is 8.02. The molecular weight excluding hydrogens is 412 g/mol. The van der Waals surface area contributed by atoms with Crippen LogP contribution in [0.1, 0.15) is 5.56 Å². The first-order chi connectivity index (χ1) is 15.7. The van der Waals surface area contributed by atoms with E-state index < -0.39 is 6.10 Å². The van der Waals surface area contributed by atoms with E-state index in [0.717, 1.165) is 55.7 Å². The van der Waals surface area contributed by atoms with E-state index in [1.54, 1.807) is 7.11 Å². The Morgan fingerprint density at radius 2 is 1.72 bits per heavy atom. The number of aliphatic hydroxyl groups excluding tert-OH is 1. The molecule has 2 aromatic carbocycles. The molecule has 8 heteroatoms. The van der Waals surface area contributed by atoms with Gasteiger partial charge in [-0.1, -0.05) is 12.1 Å². The van der Waals surface area contributed by atoms with Crippen molar-refractivity contribution in [3.63, 3.8) is 0 Å². The maximum Gasteiger partial charge on any atom is 0.231 e. The molecule has 2 aromatic rings. The quantitative estimate of drug-likeness (QED) is 0.528. The fourth-order valence-corrected chi connectivity index (χ4v) is 3.91. The molecule has 0 spiro atoms. The van der Waals surface area contributed by atoms with Crippen molar-refractivity contribution in [2.45, 2.75) is 12.6 Å². The summed E-state index contributed by atoms with van der Waals surface area (Å²) in [7, 11) is 1.63. The lowest BCUT2D eigenvalue weighted by atomic mass is 10.1. The Labute approximate surface area is 189 Å². The Morgan fingerprint density at radius 1 is 0.938 bits per heavy atom. The summed E-state index contributed by atoms with van der Waals surface area (Å²) in [5, 5.41) is 10.3. The molecule has 1 N–H and O–H groups in total. The molecule has 2 aliphatic rings. The third kappa shape index (κ3) is 6.49. The van der Waals surface area contributed by atoms with Crippen LogP contribution in [0.3, 0.4) is 0 Å². The molecule has 0 unspecified atom stereocenters. The number of aliphatic hydroxyl groups is 1. The van der Waals surface area contributed by atoms with Gasteiger partial charge in [-0.2, -0.15) is 0 Å². The van der Waals surface area contributed by atoms with Gasteiger partial charge in [0.15, 0.2) is 11.5 Å². The van der Waals surface area contributed by atoms with E-state index in [2.05, 4.69) is 21.9 Å². The zero-order valence-electron chi connectivity index (χ0n) is 18.6. The predicted molar refractivity (Wildman–Crippen MR) is 120 cm³/mol. The number of hydrogen-bond donors (Lipinski definition) is 1. The average molecular weight is 445 g/mol. The number of ether oxygens (including phenoxy) is 5. The van der Waals surface area contributed by atoms with E-state index in [1.165, 1.54) is 5.56 Å². The van der Waals surface area contributed by atoms with Crippen LogP contribution in [0.5, 0.6) is 23.0 Å². The fourth-order valence-electron chi connectivity index (χ4n) is 3.91. The molecule has 0 bridgehead atoms. The van der Waals surface area contributed by atoms with E-state index in [-0.39, 0.29) is 0 Å². The Kier molecular flexibility index (Phi) is 8.06. The first-order valence-electron chi connectivity index (χ1n) is 11.1. The van der Waals surface area contributed by atoms with Gasteiger partial charge >= 0.3 is 0 Å². The molecule has 8 nitrogen and oxygen atoms in total. The summed E-state index contributed by atoms with van der Waals surface area (Å²) >= 11 is 0. The zero-order chi connectivity index (χ0) is 22.2. The average Bonchev–Trinajstić information content (AvgIpc) is 3.28. The van der Waals surface area contributed by atoms with Gasteiger partial charge in [0.2, 0.25) is 6.79 Å². The smallest absolute Gasteiger partial charge is 0.231 e. The minimum absolute atomic E-state index is 0.304. The van der Waals surface area contributed by atoms with Crippen LogP contribution in [0.4, 0.5) is 0 Å². The Bertz CT molecular complexity index is 856. The molecule has 0 aliphatic carbocycles. The number of benzene rings is 2. The van der Waals surface area contributed by atoms with Crippen molar-refractivity contribution in [3.8, 4) is 23.0 Å². The fraction of sp³-hybridized carbons (Fsp3) is 0.500. The second-order valence-electron chi connectivity index (χ2n) is 8.02. The monoisotopic (exact) mass is 444 g/mol. The standard InChI is InChI=1S/C24H32N2O6/c1-28-21-3-2-4-22(14-21)30-12-11-29-17-20(27)16-26-9-7-25(8-10-26)15-19-5-6-23-24(13-19)32-18-31-23/h2-6,13-14,20,27H,7-12,15-18H2,1H3/t20-/m0/s1. The molecule has 2 heterocycles. The van der Waals surface area contributed by atoms with Crippen LogP contribution in [0, 0.1) is 0 Å². The molecule has 32 heavy (non-hydrogen) atoms. The van der Waals surface area contributed by atoms with Crippen LogP contribution < -0.4 is 18.9 Å². The summed E-state index contributed by atoms with van der Waals surface area (Å²) in [5.74, 6) is 3.15. The van der Waals surface area contributed by atoms with Gasteiger partial charge < -0.3 is 28.8 Å². The molecule has 0 aromatic heterocycles. The Morgan fingerprint density at radius 3 is 2.56 bits per heavy atom. The lowest BCUT2D eigenvalue weighted by Crippen LogP contribution is -2.48. The number of hydrogen-bond acceptors (Lipinski definition) is 8. The van der Waals surface area contributed by atoms with Gasteiger partial charge in [0, 0.05) is 45.3 Å². The summed E-state index contributed by atoms with van der Waals surface area (Å²) in [6, 6.07) is 13.6. The van der Waals surface area contributed by atoms with Gasteiger partial charge in [-0.3, -0.25) is 9.80 Å². The number of fused-ring (bicyclic) bond motifs is 1. The topological polar surface area (TPSA) is 72.9 Å². The number of nitrogens with zero attached hydrogens (tertiary/aromatic N) is 2. The van der Waals surface area contributed by atoms with Gasteiger partial charge in [-0.05, 0) is 29.8 Å². The van der Waals surface area contributed by atoms with Gasteiger partial charge in [0.25, 0.3) is 0 Å². The third-order valence-electron chi connectivity index (χ3n) is 5.62. The lowest BCUT2D eigenvalue weighted by Gasteiger charge is -2.35. The van der Waals surface area contributed by atoms with Gasteiger partial charge in [-0.25, -0.2) is 0 Å². The van der Waals surface area contributed by atoms with E-state index >= 15 is 0 Å². The highest BCUT2D eigenvalue weighted by atomic mass is 16.7. The van der Waals surface area contributed by atoms with Gasteiger partial charge in [0.05, 0.1) is 26.4 Å². The lowest BCUT2D eigenvalue weighted by molar-refractivity contribution is -0.000448. The molecule has 174 valence electrons. The maximum atomic E-state index is 10.3. The van der Waals surface area contributed by atoms with E-state index in [0.29, 0.717) is 33.2 Å². The molecule has 0 radical (unpaired) electrons. The molecule has 0 saturated carbocycles. The van der Waals surface area contributed by atoms with Gasteiger partial charge in [0.1, 0.15) is 18.1 Å². The molecule has 1 fully saturated rings. The summed E-state index contributed by atoms with van der Waals surface area (Å²) in [4.78, 5) is 4.71. The minimum atomic E-state index is -0.507. The molecule has 4 rings (SSSR count). The molecule has 2 aliphatic heterocycles. The van der Waals surface area contributed by atoms with Crippen molar-refractivity contribution >= 4 is 0 Å². The Balaban J connectivity index is 1.08. The summed E-state index contributed by atoms with van der Waals surface area (Å²) < 4.78 is 27.3. The zero-order valence-corrected chi connectivity index (χ0v) is 18.6. The largest absolute Gasteiger partial charge is 0.497 e. The van der Waals surface area contributed by atoms with Crippen molar-refractivity contribution in [3.05, 3.63) is 48.0 Å². The van der Waals surface area contributed by atoms with Crippen LogP contribution in [0.25, 0.3) is 0 Å². The minimum Gasteiger partial charge on any atom is -0.497 e. The molecule has 1 atom stereocenters. The number of methoxy groups -OCH3 is 1. The summed E-state index contributed by atoms with van der Waals surface area (Å²) in [5.41, 5.74) is 1.23. The van der Waals surface area contributed by atoms with Crippen molar-refractivity contribution in [2.75, 3.05) is 66.4 Å². The van der Waals surface area contributed by atoms with Crippen LogP contribution >= 0.6 is 0 Å². The highest BCUT2D eigenvalue weighted by Gasteiger charge is 2.20. The van der Waals surface area contributed by atoms with Crippen LogP contribution in [-0.2, 0) is 11.3 Å². The number of β-amino-alcohol motifs (C(OH)–C–C–N with tert-alkyl or cyclic N) is 1. The van der Waals surface area contributed by atoms with E-state index in [1.807, 2.05) is 30.3 Å². The van der Waals surface area contributed by atoms with Crippen molar-refractivity contribution in [2.24, 2.45) is 0 Å². The Hall–Kier alpha value is -2.52. The van der Waals surface area contributed by atoms with Crippen molar-refractivity contribution in [1.82, 2.24) is 9.80 Å². The SMILES string of the molecule is COc1cccc(OCCOC[C@@H](O)CN2CCN(Cc3ccc4c(c3)OCO4)CC2)c1. The second kappa shape index (κ2) is 11.4.